The van der Waals surface area contributed by atoms with Gasteiger partial charge in [-0.2, -0.15) is 5.26 Å². The van der Waals surface area contributed by atoms with Crippen LogP contribution in [0.1, 0.15) is 35.8 Å². The third kappa shape index (κ3) is 4.06. The van der Waals surface area contributed by atoms with Crippen LogP contribution in [0.3, 0.4) is 0 Å². The summed E-state index contributed by atoms with van der Waals surface area (Å²) in [6, 6.07) is 13.7. The van der Waals surface area contributed by atoms with E-state index in [4.69, 9.17) is 10.00 Å². The van der Waals surface area contributed by atoms with E-state index in [1.165, 1.54) is 16.9 Å². The van der Waals surface area contributed by atoms with E-state index < -0.39 is 5.97 Å². The molecule has 0 unspecified atom stereocenters. The van der Waals surface area contributed by atoms with Crippen molar-refractivity contribution in [2.24, 2.45) is 0 Å². The summed E-state index contributed by atoms with van der Waals surface area (Å²) in [7, 11) is 0. The number of esters is 1. The van der Waals surface area contributed by atoms with Crippen molar-refractivity contribution in [3.63, 3.8) is 0 Å². The fraction of sp³-hybridized carbons (Fsp3) is 0.222. The quantitative estimate of drug-likeness (QED) is 0.604. The van der Waals surface area contributed by atoms with Gasteiger partial charge in [-0.1, -0.05) is 44.2 Å². The monoisotopic (exact) mass is 311 g/mol. The molecule has 3 nitrogen and oxygen atoms in total. The van der Waals surface area contributed by atoms with Crippen LogP contribution in [-0.4, -0.2) is 12.6 Å². The molecule has 4 heteroatoms. The molecule has 0 spiro atoms. The summed E-state index contributed by atoms with van der Waals surface area (Å²) in [4.78, 5) is 13.0. The molecule has 0 atom stereocenters. The number of carbonyl (C=O) groups excluding carboxylic acids is 1. The molecule has 0 aliphatic carbocycles. The molecule has 0 N–H and O–H groups in total. The van der Waals surface area contributed by atoms with Gasteiger partial charge in [0.1, 0.15) is 6.07 Å². The molecule has 0 saturated heterocycles. The summed E-state index contributed by atoms with van der Waals surface area (Å²) in [5.74, 6) is -0.00711. The van der Waals surface area contributed by atoms with Crippen LogP contribution in [0.25, 0.3) is 11.6 Å². The van der Waals surface area contributed by atoms with Crippen LogP contribution >= 0.6 is 11.3 Å². The molecule has 0 radical (unpaired) electrons. The van der Waals surface area contributed by atoms with Crippen molar-refractivity contribution in [1.29, 1.82) is 5.26 Å². The van der Waals surface area contributed by atoms with E-state index in [1.807, 2.05) is 35.7 Å². The van der Waals surface area contributed by atoms with E-state index in [-0.39, 0.29) is 6.61 Å². The highest BCUT2D eigenvalue weighted by Gasteiger charge is 2.14. The molecule has 22 heavy (non-hydrogen) atoms. The Bertz CT molecular complexity index is 692. The fourth-order valence-corrected chi connectivity index (χ4v) is 2.71. The van der Waals surface area contributed by atoms with Crippen LogP contribution in [-0.2, 0) is 9.53 Å². The molecule has 2 aromatic rings. The molecule has 0 fully saturated rings. The molecule has 0 saturated carbocycles. The maximum absolute atomic E-state index is 12.1. The molecule has 0 amide bonds. The number of benzene rings is 1. The summed E-state index contributed by atoms with van der Waals surface area (Å²) in [6.45, 7) is 4.04. The largest absolute Gasteiger partial charge is 0.447 e. The Morgan fingerprint density at radius 2 is 2.05 bits per heavy atom. The average Bonchev–Trinajstić information content (AvgIpc) is 3.04. The number of carbonyl (C=O) groups is 1. The summed E-state index contributed by atoms with van der Waals surface area (Å²) >= 11 is 1.47. The van der Waals surface area contributed by atoms with Gasteiger partial charge in [-0.25, -0.2) is 4.79 Å². The lowest BCUT2D eigenvalue weighted by Gasteiger charge is -2.07. The summed E-state index contributed by atoms with van der Waals surface area (Å²) in [5, 5.41) is 10.5. The topological polar surface area (TPSA) is 50.1 Å². The first-order valence-corrected chi connectivity index (χ1v) is 7.89. The van der Waals surface area contributed by atoms with Crippen molar-refractivity contribution in [2.45, 2.75) is 19.8 Å². The predicted molar refractivity (Wildman–Crippen MR) is 89.3 cm³/mol. The lowest BCUT2D eigenvalue weighted by atomic mass is 10.0. The first-order chi connectivity index (χ1) is 10.6. The Kier molecular flexibility index (Phi) is 5.51. The van der Waals surface area contributed by atoms with Gasteiger partial charge in [-0.05, 0) is 34.6 Å². The number of ether oxygens (including phenoxy) is 1. The van der Waals surface area contributed by atoms with E-state index in [2.05, 4.69) is 26.0 Å². The molecule has 1 aromatic heterocycles. The van der Waals surface area contributed by atoms with Gasteiger partial charge in [0.05, 0.1) is 5.57 Å². The number of nitriles is 1. The minimum Gasteiger partial charge on any atom is -0.447 e. The second-order valence-corrected chi connectivity index (χ2v) is 6.04. The molecular formula is C18H17NO2S. The number of nitrogens with zero attached hydrogens (tertiary/aromatic N) is 1. The van der Waals surface area contributed by atoms with Gasteiger partial charge in [-0.3, -0.25) is 0 Å². The van der Waals surface area contributed by atoms with Gasteiger partial charge in [0.25, 0.3) is 0 Å². The van der Waals surface area contributed by atoms with Crippen molar-refractivity contribution in [2.75, 3.05) is 6.61 Å². The van der Waals surface area contributed by atoms with Crippen LogP contribution in [0.5, 0.6) is 0 Å². The maximum atomic E-state index is 12.1. The van der Waals surface area contributed by atoms with Gasteiger partial charge in [0.2, 0.25) is 0 Å². The Morgan fingerprint density at radius 1 is 1.32 bits per heavy atom. The molecule has 112 valence electrons. The van der Waals surface area contributed by atoms with Gasteiger partial charge < -0.3 is 4.74 Å². The third-order valence-electron chi connectivity index (χ3n) is 3.19. The van der Waals surface area contributed by atoms with E-state index in [0.717, 1.165) is 10.4 Å². The molecule has 1 aromatic carbocycles. The van der Waals surface area contributed by atoms with E-state index in [1.54, 1.807) is 6.08 Å². The molecule has 2 rings (SSSR count). The van der Waals surface area contributed by atoms with Crippen molar-refractivity contribution in [1.82, 2.24) is 0 Å². The summed E-state index contributed by atoms with van der Waals surface area (Å²) in [6.07, 6.45) is 1.80. The Balaban J connectivity index is 2.32. The maximum Gasteiger partial charge on any atom is 0.340 e. The zero-order chi connectivity index (χ0) is 15.9. The van der Waals surface area contributed by atoms with Crippen molar-refractivity contribution >= 4 is 29.0 Å². The first kappa shape index (κ1) is 16.0. The predicted octanol–water partition coefficient (Wildman–Crippen LogP) is 4.48. The van der Waals surface area contributed by atoms with Crippen LogP contribution in [0, 0.1) is 11.3 Å². The molecular weight excluding hydrogens is 294 g/mol. The average molecular weight is 311 g/mol. The highest BCUT2D eigenvalue weighted by atomic mass is 32.1. The standard InChI is InChI=1S/C18H17NO2S/c1-13(2)15-7-5-14(6-8-15)12-16(17-4-3-11-22-17)18(20)21-10-9-19/h3-8,11-13H,10H2,1-2H3. The van der Waals surface area contributed by atoms with E-state index in [9.17, 15) is 4.79 Å². The normalized spacial score (nSPS) is 11.3. The summed E-state index contributed by atoms with van der Waals surface area (Å²) in [5.41, 5.74) is 2.66. The van der Waals surface area contributed by atoms with Gasteiger partial charge in [0.15, 0.2) is 6.61 Å². The van der Waals surface area contributed by atoms with Crippen LogP contribution in [0.15, 0.2) is 41.8 Å². The molecule has 0 aliphatic rings. The molecule has 0 bridgehead atoms. The molecule has 1 heterocycles. The zero-order valence-corrected chi connectivity index (χ0v) is 13.4. The van der Waals surface area contributed by atoms with E-state index in [0.29, 0.717) is 11.5 Å². The van der Waals surface area contributed by atoms with Gasteiger partial charge >= 0.3 is 5.97 Å². The Labute approximate surface area is 134 Å². The second kappa shape index (κ2) is 7.58. The Hall–Kier alpha value is -2.38. The highest BCUT2D eigenvalue weighted by molar-refractivity contribution is 7.11. The van der Waals surface area contributed by atoms with Crippen LogP contribution in [0.4, 0.5) is 0 Å². The minimum absolute atomic E-state index is 0.242. The number of rotatable bonds is 5. The van der Waals surface area contributed by atoms with Gasteiger partial charge in [0, 0.05) is 4.88 Å². The van der Waals surface area contributed by atoms with Gasteiger partial charge in [-0.15, -0.1) is 11.3 Å². The molecule has 0 aliphatic heterocycles. The van der Waals surface area contributed by atoms with Crippen LogP contribution in [0.2, 0.25) is 0 Å². The van der Waals surface area contributed by atoms with Crippen molar-refractivity contribution in [3.8, 4) is 6.07 Å². The van der Waals surface area contributed by atoms with Crippen LogP contribution < -0.4 is 0 Å². The van der Waals surface area contributed by atoms with Crippen molar-refractivity contribution in [3.05, 3.63) is 57.8 Å². The summed E-state index contributed by atoms with van der Waals surface area (Å²) < 4.78 is 4.95. The Morgan fingerprint density at radius 3 is 2.59 bits per heavy atom. The third-order valence-corrected chi connectivity index (χ3v) is 4.09. The van der Waals surface area contributed by atoms with E-state index >= 15 is 0 Å². The smallest absolute Gasteiger partial charge is 0.340 e. The number of hydrogen-bond donors (Lipinski definition) is 0. The lowest BCUT2D eigenvalue weighted by molar-refractivity contribution is -0.135. The lowest BCUT2D eigenvalue weighted by Crippen LogP contribution is -2.06. The fourth-order valence-electron chi connectivity index (χ4n) is 1.98. The zero-order valence-electron chi connectivity index (χ0n) is 12.6. The van der Waals surface area contributed by atoms with Crippen molar-refractivity contribution < 1.29 is 9.53 Å². The number of hydrogen-bond acceptors (Lipinski definition) is 4. The SMILES string of the molecule is CC(C)c1ccc(C=C(C(=O)OCC#N)c2cccs2)cc1. The highest BCUT2D eigenvalue weighted by Crippen LogP contribution is 2.25. The number of thiophene rings is 1. The minimum atomic E-state index is -0.475. The first-order valence-electron chi connectivity index (χ1n) is 7.01. The second-order valence-electron chi connectivity index (χ2n) is 5.09.